The van der Waals surface area contributed by atoms with Crippen LogP contribution < -0.4 is 0 Å². The average Bonchev–Trinajstić information content (AvgIpc) is 3.20. The van der Waals surface area contributed by atoms with E-state index in [9.17, 15) is 8.42 Å². The predicted molar refractivity (Wildman–Crippen MR) is 108 cm³/mol. The highest BCUT2D eigenvalue weighted by molar-refractivity contribution is 7.99. The molecule has 0 saturated heterocycles. The van der Waals surface area contributed by atoms with Gasteiger partial charge in [0.1, 0.15) is 4.90 Å². The molecule has 0 fully saturated rings. The van der Waals surface area contributed by atoms with E-state index < -0.39 is 10.0 Å². The summed E-state index contributed by atoms with van der Waals surface area (Å²) >= 11 is 1.43. The Morgan fingerprint density at radius 1 is 1.11 bits per heavy atom. The first-order chi connectivity index (χ1) is 13.5. The number of aromatic nitrogens is 3. The number of rotatable bonds is 8. The van der Waals surface area contributed by atoms with Crippen LogP contribution in [0.2, 0.25) is 0 Å². The first-order valence-corrected chi connectivity index (χ1v) is 11.3. The predicted octanol–water partition coefficient (Wildman–Crippen LogP) is 4.02. The maximum absolute atomic E-state index is 12.5. The maximum Gasteiger partial charge on any atom is 0.244 e. The van der Waals surface area contributed by atoms with Crippen molar-refractivity contribution in [2.75, 3.05) is 13.1 Å². The first kappa shape index (κ1) is 20.5. The summed E-state index contributed by atoms with van der Waals surface area (Å²) in [6, 6.07) is 12.9. The Kier molecular flexibility index (Phi) is 6.48. The fourth-order valence-electron chi connectivity index (χ4n) is 2.64. The second-order valence-corrected chi connectivity index (χ2v) is 9.30. The molecule has 148 valence electrons. The minimum absolute atomic E-state index is 0.122. The van der Waals surface area contributed by atoms with Crippen LogP contribution >= 0.6 is 11.8 Å². The van der Waals surface area contributed by atoms with Gasteiger partial charge >= 0.3 is 0 Å². The molecular formula is C19H22N4O3S2. The molecule has 0 aliphatic heterocycles. The molecule has 0 amide bonds. The molecule has 0 radical (unpaired) electrons. The summed E-state index contributed by atoms with van der Waals surface area (Å²) in [4.78, 5) is 8.94. The number of benzene rings is 1. The molecule has 0 bridgehead atoms. The van der Waals surface area contributed by atoms with Gasteiger partial charge in [0.25, 0.3) is 0 Å². The van der Waals surface area contributed by atoms with Gasteiger partial charge in [-0.2, -0.15) is 9.29 Å². The maximum atomic E-state index is 12.5. The smallest absolute Gasteiger partial charge is 0.244 e. The number of sulfonamides is 1. The molecule has 1 aromatic carbocycles. The summed E-state index contributed by atoms with van der Waals surface area (Å²) < 4.78 is 31.9. The Morgan fingerprint density at radius 2 is 1.82 bits per heavy atom. The molecule has 0 N–H and O–H groups in total. The highest BCUT2D eigenvalue weighted by Gasteiger charge is 2.22. The average molecular weight is 419 g/mol. The summed E-state index contributed by atoms with van der Waals surface area (Å²) in [5.74, 6) is 1.03. The van der Waals surface area contributed by atoms with Crippen LogP contribution in [0.1, 0.15) is 31.9 Å². The van der Waals surface area contributed by atoms with Gasteiger partial charge < -0.3 is 4.52 Å². The summed E-state index contributed by atoms with van der Waals surface area (Å²) in [5.41, 5.74) is 0.888. The van der Waals surface area contributed by atoms with Gasteiger partial charge in [-0.25, -0.2) is 13.4 Å². The molecular weight excluding hydrogens is 396 g/mol. The van der Waals surface area contributed by atoms with Crippen LogP contribution in [0.5, 0.6) is 0 Å². The summed E-state index contributed by atoms with van der Waals surface area (Å²) in [6.45, 7) is 6.42. The summed E-state index contributed by atoms with van der Waals surface area (Å²) in [6.07, 6.45) is 1.39. The largest absolute Gasteiger partial charge is 0.338 e. The normalized spacial score (nSPS) is 13.0. The van der Waals surface area contributed by atoms with E-state index in [4.69, 9.17) is 4.52 Å². The standard InChI is InChI=1S/C19H22N4O3S2/c1-4-23(5-2)28(24,25)16-11-12-17(20-13-16)27-14(3)19-21-18(22-26-19)15-9-7-6-8-10-15/h6-14H,4-5H2,1-3H3/t14-/m1/s1. The van der Waals surface area contributed by atoms with Crippen molar-refractivity contribution < 1.29 is 12.9 Å². The Hall–Kier alpha value is -2.23. The van der Waals surface area contributed by atoms with E-state index in [1.807, 2.05) is 51.1 Å². The third-order valence-electron chi connectivity index (χ3n) is 4.17. The molecule has 0 unspecified atom stereocenters. The molecule has 3 aromatic rings. The third-order valence-corrected chi connectivity index (χ3v) is 7.24. The number of thioether (sulfide) groups is 1. The van der Waals surface area contributed by atoms with Crippen molar-refractivity contribution in [1.82, 2.24) is 19.4 Å². The quantitative estimate of drug-likeness (QED) is 0.511. The van der Waals surface area contributed by atoms with Crippen LogP contribution in [0.15, 0.2) is 63.1 Å². The SMILES string of the molecule is CCN(CC)S(=O)(=O)c1ccc(S[C@H](C)c2nc(-c3ccccc3)no2)nc1. The van der Waals surface area contributed by atoms with E-state index in [1.165, 1.54) is 22.3 Å². The van der Waals surface area contributed by atoms with E-state index >= 15 is 0 Å². The Bertz CT molecular complexity index is 1000. The monoisotopic (exact) mass is 418 g/mol. The van der Waals surface area contributed by atoms with Gasteiger partial charge in [-0.05, 0) is 19.1 Å². The molecule has 3 rings (SSSR count). The Morgan fingerprint density at radius 3 is 2.43 bits per heavy atom. The van der Waals surface area contributed by atoms with Crippen molar-refractivity contribution in [2.45, 2.75) is 35.9 Å². The highest BCUT2D eigenvalue weighted by Crippen LogP contribution is 2.34. The van der Waals surface area contributed by atoms with E-state index in [1.54, 1.807) is 12.1 Å². The number of hydrogen-bond donors (Lipinski definition) is 0. The molecule has 2 aromatic heterocycles. The molecule has 0 saturated carbocycles. The van der Waals surface area contributed by atoms with Crippen molar-refractivity contribution in [3.63, 3.8) is 0 Å². The first-order valence-electron chi connectivity index (χ1n) is 8.97. The minimum atomic E-state index is -3.51. The van der Waals surface area contributed by atoms with Gasteiger partial charge in [-0.1, -0.05) is 61.1 Å². The van der Waals surface area contributed by atoms with Crippen molar-refractivity contribution in [1.29, 1.82) is 0 Å². The van der Waals surface area contributed by atoms with Crippen LogP contribution in [0.3, 0.4) is 0 Å². The lowest BCUT2D eigenvalue weighted by atomic mass is 10.2. The number of nitrogens with zero attached hydrogens (tertiary/aromatic N) is 4. The summed E-state index contributed by atoms with van der Waals surface area (Å²) in [7, 11) is -3.51. The van der Waals surface area contributed by atoms with Crippen LogP contribution in [0.4, 0.5) is 0 Å². The van der Waals surface area contributed by atoms with E-state index in [-0.39, 0.29) is 10.1 Å². The van der Waals surface area contributed by atoms with Crippen LogP contribution in [0.25, 0.3) is 11.4 Å². The highest BCUT2D eigenvalue weighted by atomic mass is 32.2. The Balaban J connectivity index is 1.72. The molecule has 0 aliphatic rings. The third kappa shape index (κ3) is 4.43. The topological polar surface area (TPSA) is 89.2 Å². The zero-order valence-electron chi connectivity index (χ0n) is 15.9. The van der Waals surface area contributed by atoms with Crippen molar-refractivity contribution in [2.24, 2.45) is 0 Å². The molecule has 0 aliphatic carbocycles. The fraction of sp³-hybridized carbons (Fsp3) is 0.316. The fourth-order valence-corrected chi connectivity index (χ4v) is 4.86. The van der Waals surface area contributed by atoms with E-state index in [0.29, 0.717) is 29.8 Å². The lowest BCUT2D eigenvalue weighted by Crippen LogP contribution is -2.30. The number of hydrogen-bond acceptors (Lipinski definition) is 7. The Labute approximate surface area is 169 Å². The van der Waals surface area contributed by atoms with Crippen molar-refractivity contribution >= 4 is 21.8 Å². The van der Waals surface area contributed by atoms with Gasteiger partial charge in [0.2, 0.25) is 21.7 Å². The van der Waals surface area contributed by atoms with Gasteiger partial charge in [0.05, 0.1) is 10.3 Å². The van der Waals surface area contributed by atoms with Gasteiger partial charge in [0.15, 0.2) is 0 Å². The van der Waals surface area contributed by atoms with Gasteiger partial charge in [-0.3, -0.25) is 0 Å². The zero-order valence-corrected chi connectivity index (χ0v) is 17.6. The lowest BCUT2D eigenvalue weighted by Gasteiger charge is -2.18. The molecule has 28 heavy (non-hydrogen) atoms. The summed E-state index contributed by atoms with van der Waals surface area (Å²) in [5, 5.41) is 4.59. The second kappa shape index (κ2) is 8.85. The van der Waals surface area contributed by atoms with E-state index in [0.717, 1.165) is 5.56 Å². The van der Waals surface area contributed by atoms with E-state index in [2.05, 4.69) is 15.1 Å². The number of pyridine rings is 1. The lowest BCUT2D eigenvalue weighted by molar-refractivity contribution is 0.380. The molecule has 9 heteroatoms. The van der Waals surface area contributed by atoms with Crippen LogP contribution in [-0.2, 0) is 10.0 Å². The second-order valence-electron chi connectivity index (χ2n) is 6.00. The van der Waals surface area contributed by atoms with Gasteiger partial charge in [0, 0.05) is 24.8 Å². The minimum Gasteiger partial charge on any atom is -0.338 e. The van der Waals surface area contributed by atoms with Crippen molar-refractivity contribution in [3.05, 3.63) is 54.6 Å². The van der Waals surface area contributed by atoms with Gasteiger partial charge in [-0.15, -0.1) is 0 Å². The zero-order chi connectivity index (χ0) is 20.1. The van der Waals surface area contributed by atoms with Crippen LogP contribution in [0, 0.1) is 0 Å². The molecule has 7 nitrogen and oxygen atoms in total. The van der Waals surface area contributed by atoms with Crippen LogP contribution in [-0.4, -0.2) is 40.9 Å². The molecule has 2 heterocycles. The van der Waals surface area contributed by atoms with Crippen molar-refractivity contribution in [3.8, 4) is 11.4 Å². The molecule has 0 spiro atoms. The molecule has 1 atom stereocenters.